The average molecular weight is 296 g/mol. The molecule has 2 heterocycles. The van der Waals surface area contributed by atoms with Crippen LogP contribution < -0.4 is 10.2 Å². The minimum Gasteiger partial charge on any atom is -0.317 e. The van der Waals surface area contributed by atoms with Crippen molar-refractivity contribution in [2.45, 2.75) is 6.04 Å². The van der Waals surface area contributed by atoms with Gasteiger partial charge in [-0.3, -0.25) is 4.90 Å². The van der Waals surface area contributed by atoms with E-state index in [2.05, 4.69) is 21.2 Å². The van der Waals surface area contributed by atoms with Crippen molar-refractivity contribution in [3.63, 3.8) is 0 Å². The van der Waals surface area contributed by atoms with Crippen molar-refractivity contribution in [3.8, 4) is 0 Å². The molecule has 4 nitrogen and oxygen atoms in total. The predicted molar refractivity (Wildman–Crippen MR) is 70.2 cm³/mol. The fourth-order valence-electron chi connectivity index (χ4n) is 2.46. The molecule has 1 unspecified atom stereocenters. The summed E-state index contributed by atoms with van der Waals surface area (Å²) in [4.78, 5) is 16.1. The van der Waals surface area contributed by atoms with Crippen LogP contribution >= 0.6 is 15.9 Å². The molecule has 0 aliphatic carbocycles. The van der Waals surface area contributed by atoms with Crippen molar-refractivity contribution in [2.24, 2.45) is 0 Å². The molecule has 90 valence electrons. The summed E-state index contributed by atoms with van der Waals surface area (Å²) in [5.41, 5.74) is 0.979. The summed E-state index contributed by atoms with van der Waals surface area (Å²) < 4.78 is 1.03. The first-order chi connectivity index (χ1) is 8.25. The highest BCUT2D eigenvalue weighted by Gasteiger charge is 2.38. The second-order valence-electron chi connectivity index (χ2n) is 4.42. The summed E-state index contributed by atoms with van der Waals surface area (Å²) in [6.45, 7) is 3.40. The van der Waals surface area contributed by atoms with Crippen LogP contribution in [0.15, 0.2) is 28.7 Å². The van der Waals surface area contributed by atoms with Gasteiger partial charge in [-0.2, -0.15) is 0 Å². The molecule has 2 aliphatic rings. The van der Waals surface area contributed by atoms with Gasteiger partial charge in [0.05, 0.1) is 6.04 Å². The number of rotatable bonds is 1. The minimum atomic E-state index is 0.138. The summed E-state index contributed by atoms with van der Waals surface area (Å²) in [7, 11) is 0. The van der Waals surface area contributed by atoms with Crippen molar-refractivity contribution in [2.75, 3.05) is 31.1 Å². The first-order valence-corrected chi connectivity index (χ1v) is 6.59. The molecule has 17 heavy (non-hydrogen) atoms. The normalized spacial score (nSPS) is 24.1. The first-order valence-electron chi connectivity index (χ1n) is 5.80. The maximum atomic E-state index is 12.2. The van der Waals surface area contributed by atoms with Gasteiger partial charge in [0.2, 0.25) is 0 Å². The van der Waals surface area contributed by atoms with Crippen LogP contribution in [0.2, 0.25) is 0 Å². The van der Waals surface area contributed by atoms with Gasteiger partial charge in [-0.25, -0.2) is 4.79 Å². The number of hydrogen-bond donors (Lipinski definition) is 1. The second-order valence-corrected chi connectivity index (χ2v) is 5.34. The van der Waals surface area contributed by atoms with Gasteiger partial charge in [0.25, 0.3) is 0 Å². The van der Waals surface area contributed by atoms with Crippen molar-refractivity contribution in [3.05, 3.63) is 28.7 Å². The van der Waals surface area contributed by atoms with Crippen LogP contribution in [0.4, 0.5) is 10.5 Å². The van der Waals surface area contributed by atoms with E-state index in [4.69, 9.17) is 0 Å². The highest BCUT2D eigenvalue weighted by Crippen LogP contribution is 2.25. The van der Waals surface area contributed by atoms with E-state index in [1.165, 1.54) is 0 Å². The summed E-state index contributed by atoms with van der Waals surface area (Å²) in [5, 5.41) is 3.33. The highest BCUT2D eigenvalue weighted by molar-refractivity contribution is 9.10. The summed E-state index contributed by atoms with van der Waals surface area (Å²) >= 11 is 3.41. The van der Waals surface area contributed by atoms with Crippen LogP contribution in [0.3, 0.4) is 0 Å². The zero-order valence-electron chi connectivity index (χ0n) is 9.40. The third kappa shape index (κ3) is 1.93. The SMILES string of the molecule is O=C1N(c2ccc(Br)cc2)CC2CNCCN12. The van der Waals surface area contributed by atoms with Crippen LogP contribution in [-0.2, 0) is 0 Å². The Balaban J connectivity index is 1.85. The van der Waals surface area contributed by atoms with Gasteiger partial charge in [0, 0.05) is 36.3 Å². The molecule has 2 aliphatic heterocycles. The standard InChI is InChI=1S/C12H14BrN3O/c13-9-1-3-10(4-2-9)16-8-11-7-14-5-6-15(11)12(16)17/h1-4,11,14H,5-8H2. The number of nitrogens with one attached hydrogen (secondary N) is 1. The van der Waals surface area contributed by atoms with E-state index in [0.717, 1.165) is 36.3 Å². The number of urea groups is 1. The monoisotopic (exact) mass is 295 g/mol. The average Bonchev–Trinajstić information content (AvgIpc) is 2.69. The molecule has 0 spiro atoms. The van der Waals surface area contributed by atoms with Gasteiger partial charge in [-0.1, -0.05) is 15.9 Å². The molecule has 2 saturated heterocycles. The van der Waals surface area contributed by atoms with E-state index in [0.29, 0.717) is 6.04 Å². The number of halogens is 1. The number of benzene rings is 1. The second kappa shape index (κ2) is 4.31. The Morgan fingerprint density at radius 3 is 2.76 bits per heavy atom. The lowest BCUT2D eigenvalue weighted by molar-refractivity contribution is 0.193. The summed E-state index contributed by atoms with van der Waals surface area (Å²) in [6, 6.07) is 8.36. The number of carbonyl (C=O) groups is 1. The summed E-state index contributed by atoms with van der Waals surface area (Å²) in [6.07, 6.45) is 0. The maximum absolute atomic E-state index is 12.2. The number of anilines is 1. The molecule has 5 heteroatoms. The maximum Gasteiger partial charge on any atom is 0.324 e. The van der Waals surface area contributed by atoms with E-state index < -0.39 is 0 Å². The lowest BCUT2D eigenvalue weighted by Crippen LogP contribution is -2.49. The molecule has 3 rings (SSSR count). The Morgan fingerprint density at radius 1 is 1.29 bits per heavy atom. The number of nitrogens with zero attached hydrogens (tertiary/aromatic N) is 2. The largest absolute Gasteiger partial charge is 0.324 e. The van der Waals surface area contributed by atoms with Gasteiger partial charge in [-0.15, -0.1) is 0 Å². The van der Waals surface area contributed by atoms with Gasteiger partial charge >= 0.3 is 6.03 Å². The molecule has 1 aromatic rings. The Kier molecular flexibility index (Phi) is 2.80. The molecule has 0 saturated carbocycles. The molecular formula is C12H14BrN3O. The molecule has 2 amide bonds. The van der Waals surface area contributed by atoms with Crippen LogP contribution in [0, 0.1) is 0 Å². The Labute approximate surface area is 109 Å². The van der Waals surface area contributed by atoms with Crippen LogP contribution in [0.5, 0.6) is 0 Å². The lowest BCUT2D eigenvalue weighted by Gasteiger charge is -2.28. The highest BCUT2D eigenvalue weighted by atomic mass is 79.9. The predicted octanol–water partition coefficient (Wildman–Crippen LogP) is 1.66. The van der Waals surface area contributed by atoms with Crippen molar-refractivity contribution < 1.29 is 4.79 Å². The fraction of sp³-hybridized carbons (Fsp3) is 0.417. The molecular weight excluding hydrogens is 282 g/mol. The van der Waals surface area contributed by atoms with Crippen molar-refractivity contribution >= 4 is 27.6 Å². The third-order valence-corrected chi connectivity index (χ3v) is 3.89. The van der Waals surface area contributed by atoms with Gasteiger partial charge < -0.3 is 10.2 Å². The Bertz CT molecular complexity index is 434. The van der Waals surface area contributed by atoms with E-state index in [1.807, 2.05) is 34.1 Å². The molecule has 1 atom stereocenters. The van der Waals surface area contributed by atoms with E-state index in [1.54, 1.807) is 0 Å². The quantitative estimate of drug-likeness (QED) is 0.855. The number of fused-ring (bicyclic) bond motifs is 1. The first kappa shape index (κ1) is 11.0. The number of hydrogen-bond acceptors (Lipinski definition) is 2. The minimum absolute atomic E-state index is 0.138. The van der Waals surface area contributed by atoms with E-state index in [-0.39, 0.29) is 6.03 Å². The molecule has 2 fully saturated rings. The smallest absolute Gasteiger partial charge is 0.317 e. The fourth-order valence-corrected chi connectivity index (χ4v) is 2.72. The summed E-state index contributed by atoms with van der Waals surface area (Å²) in [5.74, 6) is 0. The Morgan fingerprint density at radius 2 is 2.06 bits per heavy atom. The topological polar surface area (TPSA) is 35.6 Å². The molecule has 0 bridgehead atoms. The Hall–Kier alpha value is -1.07. The van der Waals surface area contributed by atoms with Crippen LogP contribution in [-0.4, -0.2) is 43.2 Å². The van der Waals surface area contributed by atoms with Crippen molar-refractivity contribution in [1.82, 2.24) is 10.2 Å². The number of carbonyl (C=O) groups excluding carboxylic acids is 1. The molecule has 0 radical (unpaired) electrons. The number of piperazine rings is 1. The van der Waals surface area contributed by atoms with Gasteiger partial charge in [0.15, 0.2) is 0 Å². The lowest BCUT2D eigenvalue weighted by atomic mass is 10.2. The van der Waals surface area contributed by atoms with E-state index >= 15 is 0 Å². The van der Waals surface area contributed by atoms with E-state index in [9.17, 15) is 4.79 Å². The third-order valence-electron chi connectivity index (χ3n) is 3.36. The van der Waals surface area contributed by atoms with Gasteiger partial charge in [0.1, 0.15) is 0 Å². The molecule has 1 N–H and O–H groups in total. The van der Waals surface area contributed by atoms with Crippen molar-refractivity contribution in [1.29, 1.82) is 0 Å². The number of amides is 2. The van der Waals surface area contributed by atoms with Gasteiger partial charge in [-0.05, 0) is 24.3 Å². The molecule has 1 aromatic carbocycles. The van der Waals surface area contributed by atoms with Crippen LogP contribution in [0.1, 0.15) is 0 Å². The van der Waals surface area contributed by atoms with Crippen LogP contribution in [0.25, 0.3) is 0 Å². The zero-order chi connectivity index (χ0) is 11.8. The molecule has 0 aromatic heterocycles. The zero-order valence-corrected chi connectivity index (χ0v) is 11.0.